The minimum Gasteiger partial charge on any atom is -0.466 e. The zero-order valence-corrected chi connectivity index (χ0v) is 11.1. The molecule has 0 heterocycles. The molecule has 0 aromatic heterocycles. The smallest absolute Gasteiger partial charge is 0.322 e. The highest BCUT2D eigenvalue weighted by Gasteiger charge is 2.22. The summed E-state index contributed by atoms with van der Waals surface area (Å²) in [5.41, 5.74) is 0. The molecular formula is C8H13O4PS2. The molecule has 1 unspecified atom stereocenters. The fourth-order valence-electron chi connectivity index (χ4n) is 0.935. The molecule has 0 aromatic rings. The van der Waals surface area contributed by atoms with Gasteiger partial charge in [-0.25, -0.2) is 0 Å². The SMILES string of the molecule is CCOC(=O)CC(CC)C(=O)OSP=S. The van der Waals surface area contributed by atoms with Gasteiger partial charge in [0.25, 0.3) is 0 Å². The first-order valence-electron chi connectivity index (χ1n) is 4.51. The molecule has 0 aliphatic carbocycles. The first-order valence-corrected chi connectivity index (χ1v) is 7.76. The van der Waals surface area contributed by atoms with Crippen molar-refractivity contribution in [2.45, 2.75) is 26.7 Å². The Hall–Kier alpha value is -0.190. The first kappa shape index (κ1) is 14.8. The summed E-state index contributed by atoms with van der Waals surface area (Å²) in [5.74, 6) is -1.22. The third-order valence-electron chi connectivity index (χ3n) is 1.69. The summed E-state index contributed by atoms with van der Waals surface area (Å²) >= 11 is 5.47. The Labute approximate surface area is 99.9 Å². The van der Waals surface area contributed by atoms with Crippen LogP contribution >= 0.6 is 18.2 Å². The first-order chi connectivity index (χ1) is 7.15. The van der Waals surface area contributed by atoms with Crippen molar-refractivity contribution in [1.29, 1.82) is 0 Å². The van der Waals surface area contributed by atoms with E-state index >= 15 is 0 Å². The van der Waals surface area contributed by atoms with E-state index in [0.29, 0.717) is 19.6 Å². The van der Waals surface area contributed by atoms with E-state index in [1.54, 1.807) is 6.92 Å². The van der Waals surface area contributed by atoms with Crippen LogP contribution in [0.4, 0.5) is 0 Å². The molecule has 0 fully saturated rings. The predicted octanol–water partition coefficient (Wildman–Crippen LogP) is 2.48. The Morgan fingerprint density at radius 3 is 2.60 bits per heavy atom. The van der Waals surface area contributed by atoms with Crippen LogP contribution in [0.25, 0.3) is 0 Å². The summed E-state index contributed by atoms with van der Waals surface area (Å²) in [6, 6.07) is 0. The number of carbonyl (C=O) groups is 2. The van der Waals surface area contributed by atoms with Crippen LogP contribution in [-0.4, -0.2) is 18.5 Å². The van der Waals surface area contributed by atoms with Gasteiger partial charge in [0.05, 0.1) is 25.5 Å². The maximum atomic E-state index is 11.4. The van der Waals surface area contributed by atoms with Crippen LogP contribution in [0.1, 0.15) is 26.7 Å². The van der Waals surface area contributed by atoms with E-state index in [4.69, 9.17) is 8.92 Å². The van der Waals surface area contributed by atoms with Crippen molar-refractivity contribution in [3.8, 4) is 0 Å². The molecule has 0 aliphatic heterocycles. The molecule has 1 atom stereocenters. The molecule has 15 heavy (non-hydrogen) atoms. The molecule has 0 aliphatic rings. The van der Waals surface area contributed by atoms with E-state index in [-0.39, 0.29) is 12.4 Å². The van der Waals surface area contributed by atoms with Gasteiger partial charge in [0, 0.05) is 0 Å². The molecule has 7 heteroatoms. The van der Waals surface area contributed by atoms with E-state index < -0.39 is 11.9 Å². The number of hydrogen-bond donors (Lipinski definition) is 0. The number of esters is 1. The van der Waals surface area contributed by atoms with Crippen molar-refractivity contribution in [2.24, 2.45) is 5.92 Å². The molecule has 0 aromatic carbocycles. The van der Waals surface area contributed by atoms with Gasteiger partial charge >= 0.3 is 11.9 Å². The number of ether oxygens (including phenoxy) is 1. The number of hydrogen-bond acceptors (Lipinski definition) is 6. The maximum absolute atomic E-state index is 11.4. The Morgan fingerprint density at radius 2 is 2.13 bits per heavy atom. The minimum absolute atomic E-state index is 0.0675. The van der Waals surface area contributed by atoms with Crippen LogP contribution in [0.3, 0.4) is 0 Å². The van der Waals surface area contributed by atoms with Crippen molar-refractivity contribution >= 4 is 42.0 Å². The molecule has 0 saturated heterocycles. The molecular weight excluding hydrogens is 255 g/mol. The lowest BCUT2D eigenvalue weighted by atomic mass is 10.0. The highest BCUT2D eigenvalue weighted by Crippen LogP contribution is 2.23. The molecule has 86 valence electrons. The summed E-state index contributed by atoms with van der Waals surface area (Å²) in [6.07, 6.45) is 0.616. The summed E-state index contributed by atoms with van der Waals surface area (Å²) < 4.78 is 9.53. The summed E-state index contributed by atoms with van der Waals surface area (Å²) in [4.78, 5) is 22.5. The molecule has 0 radical (unpaired) electrons. The van der Waals surface area contributed by atoms with Crippen LogP contribution in [0, 0.1) is 5.92 Å². The van der Waals surface area contributed by atoms with Gasteiger partial charge in [-0.05, 0) is 25.2 Å². The van der Waals surface area contributed by atoms with E-state index in [1.807, 2.05) is 6.92 Å². The van der Waals surface area contributed by atoms with Crippen molar-refractivity contribution in [3.05, 3.63) is 0 Å². The molecule has 0 amide bonds. The Balaban J connectivity index is 4.05. The van der Waals surface area contributed by atoms with E-state index in [2.05, 4.69) is 11.8 Å². The topological polar surface area (TPSA) is 52.6 Å². The van der Waals surface area contributed by atoms with E-state index in [1.165, 1.54) is 0 Å². The van der Waals surface area contributed by atoms with Crippen LogP contribution < -0.4 is 0 Å². The van der Waals surface area contributed by atoms with E-state index in [0.717, 1.165) is 11.7 Å². The standard InChI is InChI=1S/C8H13O4PS2/c1-3-6(5-7(9)11-4-2)8(10)12-15-13-14/h6H,3-5H2,1-2H3. The summed E-state index contributed by atoms with van der Waals surface area (Å²) in [7, 11) is 0. The van der Waals surface area contributed by atoms with Crippen molar-refractivity contribution < 1.29 is 18.5 Å². The predicted molar refractivity (Wildman–Crippen MR) is 63.0 cm³/mol. The molecule has 4 nitrogen and oxygen atoms in total. The minimum atomic E-state index is -0.437. The maximum Gasteiger partial charge on any atom is 0.322 e. The van der Waals surface area contributed by atoms with Crippen molar-refractivity contribution in [1.82, 2.24) is 0 Å². The van der Waals surface area contributed by atoms with Crippen LogP contribution in [0.5, 0.6) is 0 Å². The third-order valence-corrected chi connectivity index (χ3v) is 2.95. The van der Waals surface area contributed by atoms with Gasteiger partial charge in [-0.15, -0.1) is 0 Å². The Kier molecular flexibility index (Phi) is 8.95. The van der Waals surface area contributed by atoms with Gasteiger partial charge in [0.2, 0.25) is 0 Å². The Bertz CT molecular complexity index is 235. The quantitative estimate of drug-likeness (QED) is 0.401. The average molecular weight is 268 g/mol. The van der Waals surface area contributed by atoms with E-state index in [9.17, 15) is 9.59 Å². The molecule has 0 saturated carbocycles. The van der Waals surface area contributed by atoms with Crippen LogP contribution in [-0.2, 0) is 30.3 Å². The lowest BCUT2D eigenvalue weighted by Gasteiger charge is -2.10. The zero-order valence-electron chi connectivity index (χ0n) is 8.60. The highest BCUT2D eigenvalue weighted by molar-refractivity contribution is 8.56. The zero-order chi connectivity index (χ0) is 11.7. The second kappa shape index (κ2) is 9.07. The van der Waals surface area contributed by atoms with Gasteiger partial charge in [0.1, 0.15) is 11.7 Å². The Morgan fingerprint density at radius 1 is 1.47 bits per heavy atom. The van der Waals surface area contributed by atoms with Crippen LogP contribution in [0.2, 0.25) is 0 Å². The monoisotopic (exact) mass is 268 g/mol. The lowest BCUT2D eigenvalue weighted by Crippen LogP contribution is -2.19. The van der Waals surface area contributed by atoms with Gasteiger partial charge in [-0.1, -0.05) is 6.92 Å². The number of rotatable bonds is 7. The van der Waals surface area contributed by atoms with Gasteiger partial charge in [-0.3, -0.25) is 9.59 Å². The molecule has 0 bridgehead atoms. The highest BCUT2D eigenvalue weighted by atomic mass is 32.9. The molecule has 0 N–H and O–H groups in total. The lowest BCUT2D eigenvalue weighted by molar-refractivity contribution is -0.149. The fourth-order valence-corrected chi connectivity index (χ4v) is 1.76. The largest absolute Gasteiger partial charge is 0.466 e. The van der Waals surface area contributed by atoms with Gasteiger partial charge in [-0.2, -0.15) is 0 Å². The van der Waals surface area contributed by atoms with Gasteiger partial charge in [0.15, 0.2) is 0 Å². The normalized spacial score (nSPS) is 12.1. The van der Waals surface area contributed by atoms with Gasteiger partial charge < -0.3 is 8.92 Å². The van der Waals surface area contributed by atoms with Crippen molar-refractivity contribution in [3.63, 3.8) is 0 Å². The fraction of sp³-hybridized carbons (Fsp3) is 0.750. The average Bonchev–Trinajstić information content (AvgIpc) is 2.22. The van der Waals surface area contributed by atoms with Crippen LogP contribution in [0.15, 0.2) is 0 Å². The second-order valence-electron chi connectivity index (χ2n) is 2.67. The van der Waals surface area contributed by atoms with Crippen molar-refractivity contribution in [2.75, 3.05) is 6.61 Å². The molecule has 0 spiro atoms. The number of carbonyl (C=O) groups excluding carboxylic acids is 2. The molecule has 0 rings (SSSR count). The summed E-state index contributed by atoms with van der Waals surface area (Å²) in [5, 5.41) is 0. The second-order valence-corrected chi connectivity index (χ2v) is 5.37. The third kappa shape index (κ3) is 6.82. The summed E-state index contributed by atoms with van der Waals surface area (Å²) in [6.45, 7) is 4.37.